The first kappa shape index (κ1) is 15.5. The van der Waals surface area contributed by atoms with E-state index in [9.17, 15) is 4.79 Å². The van der Waals surface area contributed by atoms with Gasteiger partial charge in [0.2, 0.25) is 0 Å². The van der Waals surface area contributed by atoms with Crippen molar-refractivity contribution in [2.45, 2.75) is 32.9 Å². The topological polar surface area (TPSA) is 41.6 Å². The largest absolute Gasteiger partial charge is 0.481 e. The second-order valence-electron chi connectivity index (χ2n) is 4.81. The average Bonchev–Trinajstić information content (AvgIpc) is 2.40. The van der Waals surface area contributed by atoms with E-state index in [2.05, 4.69) is 12.2 Å². The van der Waals surface area contributed by atoms with Crippen molar-refractivity contribution in [3.8, 4) is 5.75 Å². The van der Waals surface area contributed by atoms with Crippen LogP contribution in [0.4, 0.5) is 0 Å². The fourth-order valence-electron chi connectivity index (χ4n) is 1.71. The highest BCUT2D eigenvalue weighted by atomic mass is 16.5. The van der Waals surface area contributed by atoms with Gasteiger partial charge in [0, 0.05) is 20.6 Å². The van der Waals surface area contributed by atoms with Gasteiger partial charge in [0.15, 0.2) is 6.10 Å². The third-order valence-electron chi connectivity index (χ3n) is 2.78. The van der Waals surface area contributed by atoms with E-state index < -0.39 is 6.10 Å². The summed E-state index contributed by atoms with van der Waals surface area (Å²) in [5, 5.41) is 3.34. The van der Waals surface area contributed by atoms with Crippen molar-refractivity contribution in [2.24, 2.45) is 0 Å². The molecule has 0 fully saturated rings. The van der Waals surface area contributed by atoms with E-state index in [1.807, 2.05) is 24.3 Å². The maximum Gasteiger partial charge on any atom is 0.262 e. The van der Waals surface area contributed by atoms with Crippen LogP contribution in [-0.2, 0) is 11.3 Å². The normalized spacial score (nSPS) is 12.0. The van der Waals surface area contributed by atoms with Crippen LogP contribution in [0.5, 0.6) is 5.75 Å². The van der Waals surface area contributed by atoms with Gasteiger partial charge in [-0.1, -0.05) is 19.1 Å². The number of nitrogens with one attached hydrogen (secondary N) is 1. The third-order valence-corrected chi connectivity index (χ3v) is 2.78. The van der Waals surface area contributed by atoms with Crippen LogP contribution in [0, 0.1) is 0 Å². The van der Waals surface area contributed by atoms with Crippen LogP contribution >= 0.6 is 0 Å². The van der Waals surface area contributed by atoms with Gasteiger partial charge in [0.25, 0.3) is 5.91 Å². The van der Waals surface area contributed by atoms with Crippen molar-refractivity contribution < 1.29 is 9.53 Å². The lowest BCUT2D eigenvalue weighted by Gasteiger charge is -2.18. The number of amides is 1. The number of hydrogen-bond donors (Lipinski definition) is 1. The Bertz CT molecular complexity index is 388. The number of ether oxygens (including phenoxy) is 1. The van der Waals surface area contributed by atoms with Gasteiger partial charge in [-0.15, -0.1) is 0 Å². The van der Waals surface area contributed by atoms with Crippen LogP contribution in [0.15, 0.2) is 24.3 Å². The quantitative estimate of drug-likeness (QED) is 0.766. The van der Waals surface area contributed by atoms with Crippen LogP contribution in [0.25, 0.3) is 0 Å². The Labute approximate surface area is 115 Å². The second kappa shape index (κ2) is 7.79. The summed E-state index contributed by atoms with van der Waals surface area (Å²) in [6, 6.07) is 7.85. The molecule has 0 saturated carbocycles. The molecule has 0 aliphatic heterocycles. The molecule has 1 rings (SSSR count). The molecule has 4 heteroatoms. The Morgan fingerprint density at radius 1 is 1.32 bits per heavy atom. The van der Waals surface area contributed by atoms with Gasteiger partial charge in [-0.2, -0.15) is 0 Å². The van der Waals surface area contributed by atoms with Gasteiger partial charge in [-0.25, -0.2) is 0 Å². The molecule has 106 valence electrons. The van der Waals surface area contributed by atoms with E-state index in [0.717, 1.165) is 25.3 Å². The van der Waals surface area contributed by atoms with Gasteiger partial charge in [-0.3, -0.25) is 4.79 Å². The minimum Gasteiger partial charge on any atom is -0.481 e. The Balaban J connectivity index is 2.50. The molecule has 1 unspecified atom stereocenters. The lowest BCUT2D eigenvalue weighted by atomic mass is 10.2. The fourth-order valence-corrected chi connectivity index (χ4v) is 1.71. The molecular formula is C15H24N2O2. The summed E-state index contributed by atoms with van der Waals surface area (Å²) in [5.74, 6) is 0.690. The number of carbonyl (C=O) groups excluding carboxylic acids is 1. The molecule has 0 aromatic heterocycles. The molecule has 1 atom stereocenters. The van der Waals surface area contributed by atoms with Crippen molar-refractivity contribution >= 4 is 5.91 Å². The van der Waals surface area contributed by atoms with Gasteiger partial charge < -0.3 is 15.0 Å². The summed E-state index contributed by atoms with van der Waals surface area (Å²) in [7, 11) is 3.45. The maximum atomic E-state index is 11.7. The molecule has 1 aromatic rings. The zero-order valence-corrected chi connectivity index (χ0v) is 12.3. The van der Waals surface area contributed by atoms with Crippen LogP contribution in [0.1, 0.15) is 25.8 Å². The predicted molar refractivity (Wildman–Crippen MR) is 77.2 cm³/mol. The Morgan fingerprint density at radius 3 is 2.47 bits per heavy atom. The average molecular weight is 264 g/mol. The number of likely N-dealkylation sites (N-methyl/N-ethyl adjacent to an activating group) is 1. The second-order valence-corrected chi connectivity index (χ2v) is 4.81. The van der Waals surface area contributed by atoms with Crippen molar-refractivity contribution in [1.29, 1.82) is 0 Å². The van der Waals surface area contributed by atoms with Crippen LogP contribution < -0.4 is 10.1 Å². The van der Waals surface area contributed by atoms with Crippen LogP contribution in [-0.4, -0.2) is 37.6 Å². The van der Waals surface area contributed by atoms with E-state index in [-0.39, 0.29) is 5.91 Å². The highest BCUT2D eigenvalue weighted by Gasteiger charge is 2.16. The van der Waals surface area contributed by atoms with E-state index >= 15 is 0 Å². The van der Waals surface area contributed by atoms with Crippen LogP contribution in [0.2, 0.25) is 0 Å². The van der Waals surface area contributed by atoms with Crippen molar-refractivity contribution in [3.05, 3.63) is 29.8 Å². The van der Waals surface area contributed by atoms with E-state index in [1.54, 1.807) is 21.0 Å². The number of carbonyl (C=O) groups is 1. The number of rotatable bonds is 7. The predicted octanol–water partition coefficient (Wildman–Crippen LogP) is 2.04. The van der Waals surface area contributed by atoms with Crippen molar-refractivity contribution in [2.75, 3.05) is 20.6 Å². The monoisotopic (exact) mass is 264 g/mol. The molecule has 0 saturated heterocycles. The number of hydrogen-bond acceptors (Lipinski definition) is 3. The summed E-state index contributed by atoms with van der Waals surface area (Å²) in [6.07, 6.45) is 0.671. The molecule has 0 aliphatic rings. The molecule has 0 heterocycles. The fraction of sp³-hybridized carbons (Fsp3) is 0.533. The van der Waals surface area contributed by atoms with Crippen molar-refractivity contribution in [3.63, 3.8) is 0 Å². The molecule has 1 N–H and O–H groups in total. The first-order chi connectivity index (χ1) is 9.04. The zero-order valence-electron chi connectivity index (χ0n) is 12.3. The zero-order chi connectivity index (χ0) is 14.3. The molecule has 0 radical (unpaired) electrons. The molecule has 19 heavy (non-hydrogen) atoms. The minimum absolute atomic E-state index is 0.0336. The maximum absolute atomic E-state index is 11.7. The molecular weight excluding hydrogens is 240 g/mol. The van der Waals surface area contributed by atoms with Gasteiger partial charge in [-0.05, 0) is 37.6 Å². The summed E-state index contributed by atoms with van der Waals surface area (Å²) >= 11 is 0. The van der Waals surface area contributed by atoms with E-state index in [1.165, 1.54) is 10.5 Å². The summed E-state index contributed by atoms with van der Waals surface area (Å²) in [5.41, 5.74) is 1.22. The summed E-state index contributed by atoms with van der Waals surface area (Å²) in [4.78, 5) is 13.2. The van der Waals surface area contributed by atoms with Gasteiger partial charge in [0.1, 0.15) is 5.75 Å². The number of nitrogens with zero attached hydrogens (tertiary/aromatic N) is 1. The highest BCUT2D eigenvalue weighted by Crippen LogP contribution is 2.14. The lowest BCUT2D eigenvalue weighted by molar-refractivity contribution is -0.135. The Hall–Kier alpha value is -1.55. The van der Waals surface area contributed by atoms with Crippen LogP contribution in [0.3, 0.4) is 0 Å². The van der Waals surface area contributed by atoms with Crippen molar-refractivity contribution in [1.82, 2.24) is 10.2 Å². The molecule has 0 spiro atoms. The summed E-state index contributed by atoms with van der Waals surface area (Å²) in [6.45, 7) is 5.79. The highest BCUT2D eigenvalue weighted by molar-refractivity contribution is 5.80. The lowest BCUT2D eigenvalue weighted by Crippen LogP contribution is -2.35. The van der Waals surface area contributed by atoms with E-state index in [4.69, 9.17) is 4.74 Å². The summed E-state index contributed by atoms with van der Waals surface area (Å²) < 4.78 is 5.61. The third kappa shape index (κ3) is 5.30. The molecule has 1 amide bonds. The molecule has 1 aromatic carbocycles. The Kier molecular flexibility index (Phi) is 6.36. The molecule has 0 aliphatic carbocycles. The minimum atomic E-state index is -0.459. The van der Waals surface area contributed by atoms with Gasteiger partial charge >= 0.3 is 0 Å². The molecule has 4 nitrogen and oxygen atoms in total. The molecule has 0 bridgehead atoms. The SMILES string of the molecule is CCCNCc1ccc(OC(C)C(=O)N(C)C)cc1. The van der Waals surface area contributed by atoms with Gasteiger partial charge in [0.05, 0.1) is 0 Å². The first-order valence-electron chi connectivity index (χ1n) is 6.72. The number of benzene rings is 1. The first-order valence-corrected chi connectivity index (χ1v) is 6.72. The standard InChI is InChI=1S/C15H24N2O2/c1-5-10-16-11-13-6-8-14(9-7-13)19-12(2)15(18)17(3)4/h6-9,12,16H,5,10-11H2,1-4H3. The smallest absolute Gasteiger partial charge is 0.262 e. The van der Waals surface area contributed by atoms with E-state index in [0.29, 0.717) is 0 Å². The Morgan fingerprint density at radius 2 is 1.95 bits per heavy atom.